The number of aromatic amines is 1. The molecule has 0 bridgehead atoms. The molecule has 0 atom stereocenters. The molecular formula is C16H15N3. The van der Waals surface area contributed by atoms with Gasteiger partial charge in [0.2, 0.25) is 0 Å². The van der Waals surface area contributed by atoms with Gasteiger partial charge in [-0.15, -0.1) is 5.10 Å². The standard InChI is InChI=1S/C16H15N3/c1-3-7-13(8-4-1)16(11-15-12-17-19-18-15)14-9-5-2-6-10-14/h1-10,12,16H,11H2,(H,17,18,19). The van der Waals surface area contributed by atoms with E-state index in [2.05, 4.69) is 63.9 Å². The Morgan fingerprint density at radius 3 is 1.89 bits per heavy atom. The molecule has 0 saturated heterocycles. The van der Waals surface area contributed by atoms with Crippen molar-refractivity contribution in [3.8, 4) is 0 Å². The lowest BCUT2D eigenvalue weighted by atomic mass is 9.88. The highest BCUT2D eigenvalue weighted by molar-refractivity contribution is 5.33. The summed E-state index contributed by atoms with van der Waals surface area (Å²) in [6, 6.07) is 21.1. The molecule has 0 radical (unpaired) electrons. The molecule has 3 heteroatoms. The molecule has 0 aliphatic carbocycles. The zero-order valence-electron chi connectivity index (χ0n) is 10.5. The summed E-state index contributed by atoms with van der Waals surface area (Å²) in [6.45, 7) is 0. The van der Waals surface area contributed by atoms with Gasteiger partial charge in [-0.25, -0.2) is 0 Å². The van der Waals surface area contributed by atoms with Crippen molar-refractivity contribution in [3.63, 3.8) is 0 Å². The smallest absolute Gasteiger partial charge is 0.0833 e. The lowest BCUT2D eigenvalue weighted by Crippen LogP contribution is -2.05. The molecule has 2 aromatic carbocycles. The topological polar surface area (TPSA) is 41.6 Å². The Labute approximate surface area is 112 Å². The van der Waals surface area contributed by atoms with E-state index in [9.17, 15) is 0 Å². The van der Waals surface area contributed by atoms with E-state index in [1.54, 1.807) is 0 Å². The fourth-order valence-corrected chi connectivity index (χ4v) is 2.33. The molecule has 19 heavy (non-hydrogen) atoms. The van der Waals surface area contributed by atoms with Crippen molar-refractivity contribution in [3.05, 3.63) is 83.7 Å². The van der Waals surface area contributed by atoms with Crippen molar-refractivity contribution in [2.45, 2.75) is 12.3 Å². The summed E-state index contributed by atoms with van der Waals surface area (Å²) >= 11 is 0. The second kappa shape index (κ2) is 5.48. The summed E-state index contributed by atoms with van der Waals surface area (Å²) in [4.78, 5) is 0. The van der Waals surface area contributed by atoms with E-state index in [4.69, 9.17) is 0 Å². The molecule has 0 fully saturated rings. The van der Waals surface area contributed by atoms with Gasteiger partial charge in [-0.3, -0.25) is 5.10 Å². The average Bonchev–Trinajstić information content (AvgIpc) is 3.00. The van der Waals surface area contributed by atoms with Crippen LogP contribution < -0.4 is 0 Å². The summed E-state index contributed by atoms with van der Waals surface area (Å²) in [5, 5.41) is 10.7. The predicted molar refractivity (Wildman–Crippen MR) is 74.8 cm³/mol. The monoisotopic (exact) mass is 249 g/mol. The molecule has 0 amide bonds. The van der Waals surface area contributed by atoms with E-state index >= 15 is 0 Å². The summed E-state index contributed by atoms with van der Waals surface area (Å²) in [5.41, 5.74) is 3.59. The number of hydrogen-bond donors (Lipinski definition) is 1. The van der Waals surface area contributed by atoms with Crippen LogP contribution in [0.2, 0.25) is 0 Å². The minimum absolute atomic E-state index is 0.312. The largest absolute Gasteiger partial charge is 0.265 e. The van der Waals surface area contributed by atoms with Crippen LogP contribution in [0.5, 0.6) is 0 Å². The first kappa shape index (κ1) is 11.7. The number of rotatable bonds is 4. The Morgan fingerprint density at radius 2 is 1.42 bits per heavy atom. The third-order valence-electron chi connectivity index (χ3n) is 3.28. The van der Waals surface area contributed by atoms with Crippen molar-refractivity contribution in [1.29, 1.82) is 0 Å². The summed E-state index contributed by atoms with van der Waals surface area (Å²) in [6.07, 6.45) is 2.71. The molecule has 0 saturated carbocycles. The van der Waals surface area contributed by atoms with E-state index in [1.165, 1.54) is 11.1 Å². The first-order valence-corrected chi connectivity index (χ1v) is 6.39. The number of nitrogens with one attached hydrogen (secondary N) is 1. The fraction of sp³-hybridized carbons (Fsp3) is 0.125. The molecule has 94 valence electrons. The van der Waals surface area contributed by atoms with Gasteiger partial charge >= 0.3 is 0 Å². The van der Waals surface area contributed by atoms with E-state index in [-0.39, 0.29) is 0 Å². The average molecular weight is 249 g/mol. The molecule has 0 aliphatic heterocycles. The fourth-order valence-electron chi connectivity index (χ4n) is 2.33. The summed E-state index contributed by atoms with van der Waals surface area (Å²) in [5.74, 6) is 0.312. The van der Waals surface area contributed by atoms with Crippen molar-refractivity contribution < 1.29 is 0 Å². The Bertz CT molecular complexity index is 564. The molecule has 3 rings (SSSR count). The lowest BCUT2D eigenvalue weighted by molar-refractivity contribution is 0.774. The zero-order chi connectivity index (χ0) is 12.9. The van der Waals surface area contributed by atoms with Crippen LogP contribution in [-0.4, -0.2) is 15.4 Å². The van der Waals surface area contributed by atoms with Gasteiger partial charge in [-0.1, -0.05) is 65.9 Å². The van der Waals surface area contributed by atoms with Crippen LogP contribution in [-0.2, 0) is 6.42 Å². The Hall–Kier alpha value is -2.42. The van der Waals surface area contributed by atoms with Gasteiger partial charge in [0, 0.05) is 18.5 Å². The molecular weight excluding hydrogens is 234 g/mol. The number of hydrogen-bond acceptors (Lipinski definition) is 2. The highest BCUT2D eigenvalue weighted by atomic mass is 15.3. The van der Waals surface area contributed by atoms with Crippen LogP contribution >= 0.6 is 0 Å². The number of aromatic nitrogens is 3. The SMILES string of the molecule is c1ccc(C(Cc2c[nH]nn2)c2ccccc2)cc1. The molecule has 3 aromatic rings. The van der Waals surface area contributed by atoms with Crippen LogP contribution in [0, 0.1) is 0 Å². The van der Waals surface area contributed by atoms with E-state index in [0.717, 1.165) is 12.1 Å². The second-order valence-corrected chi connectivity index (χ2v) is 4.54. The maximum Gasteiger partial charge on any atom is 0.0833 e. The van der Waals surface area contributed by atoms with Crippen LogP contribution in [0.1, 0.15) is 22.7 Å². The molecule has 0 aliphatic rings. The van der Waals surface area contributed by atoms with Crippen molar-refractivity contribution in [1.82, 2.24) is 15.4 Å². The van der Waals surface area contributed by atoms with Gasteiger partial charge in [0.25, 0.3) is 0 Å². The zero-order valence-corrected chi connectivity index (χ0v) is 10.5. The lowest BCUT2D eigenvalue weighted by Gasteiger charge is -2.16. The first-order valence-electron chi connectivity index (χ1n) is 6.39. The van der Waals surface area contributed by atoms with Crippen LogP contribution in [0.4, 0.5) is 0 Å². The quantitative estimate of drug-likeness (QED) is 0.771. The maximum absolute atomic E-state index is 4.10. The molecule has 0 unspecified atom stereocenters. The highest BCUT2D eigenvalue weighted by Crippen LogP contribution is 2.27. The van der Waals surface area contributed by atoms with Crippen LogP contribution in [0.3, 0.4) is 0 Å². The first-order chi connectivity index (χ1) is 9.43. The van der Waals surface area contributed by atoms with Gasteiger partial charge in [-0.2, -0.15) is 0 Å². The third-order valence-corrected chi connectivity index (χ3v) is 3.28. The summed E-state index contributed by atoms with van der Waals surface area (Å²) in [7, 11) is 0. The van der Waals surface area contributed by atoms with E-state index in [1.807, 2.05) is 18.3 Å². The predicted octanol–water partition coefficient (Wildman–Crippen LogP) is 3.18. The minimum atomic E-state index is 0.312. The molecule has 0 spiro atoms. The van der Waals surface area contributed by atoms with Crippen molar-refractivity contribution >= 4 is 0 Å². The Kier molecular flexibility index (Phi) is 3.36. The number of benzene rings is 2. The van der Waals surface area contributed by atoms with Gasteiger partial charge in [0.1, 0.15) is 0 Å². The highest BCUT2D eigenvalue weighted by Gasteiger charge is 2.15. The van der Waals surface area contributed by atoms with E-state index in [0.29, 0.717) is 5.92 Å². The normalized spacial score (nSPS) is 10.8. The van der Waals surface area contributed by atoms with Gasteiger partial charge in [0.05, 0.1) is 5.69 Å². The Morgan fingerprint density at radius 1 is 0.842 bits per heavy atom. The summed E-state index contributed by atoms with van der Waals surface area (Å²) < 4.78 is 0. The second-order valence-electron chi connectivity index (χ2n) is 4.54. The van der Waals surface area contributed by atoms with Crippen molar-refractivity contribution in [2.75, 3.05) is 0 Å². The third kappa shape index (κ3) is 2.71. The molecule has 1 aromatic heterocycles. The maximum atomic E-state index is 4.10. The molecule has 3 nitrogen and oxygen atoms in total. The van der Waals surface area contributed by atoms with Gasteiger partial charge < -0.3 is 0 Å². The van der Waals surface area contributed by atoms with E-state index < -0.39 is 0 Å². The van der Waals surface area contributed by atoms with Crippen LogP contribution in [0.15, 0.2) is 66.9 Å². The van der Waals surface area contributed by atoms with Gasteiger partial charge in [0.15, 0.2) is 0 Å². The molecule has 1 heterocycles. The molecule has 1 N–H and O–H groups in total. The van der Waals surface area contributed by atoms with Crippen LogP contribution in [0.25, 0.3) is 0 Å². The number of H-pyrrole nitrogens is 1. The number of nitrogens with zero attached hydrogens (tertiary/aromatic N) is 2. The van der Waals surface area contributed by atoms with Crippen molar-refractivity contribution in [2.24, 2.45) is 0 Å². The minimum Gasteiger partial charge on any atom is -0.265 e. The Balaban J connectivity index is 1.96. The van der Waals surface area contributed by atoms with Gasteiger partial charge in [-0.05, 0) is 11.1 Å².